The molecule has 0 spiro atoms. The minimum absolute atomic E-state index is 0.0870. The van der Waals surface area contributed by atoms with Crippen LogP contribution in [0.5, 0.6) is 0 Å². The molecule has 30 heavy (non-hydrogen) atoms. The molecule has 3 aromatic rings. The zero-order valence-corrected chi connectivity index (χ0v) is 17.6. The molecule has 0 atom stereocenters. The number of aromatic amines is 1. The van der Waals surface area contributed by atoms with Gasteiger partial charge in [0.05, 0.1) is 29.2 Å². The average molecular weight is 444 g/mol. The highest BCUT2D eigenvalue weighted by molar-refractivity contribution is 7.98. The number of nitrogens with zero attached hydrogens (tertiary/aromatic N) is 2. The summed E-state index contributed by atoms with van der Waals surface area (Å²) in [5.74, 6) is 0.612. The molecule has 1 aromatic carbocycles. The molecule has 0 aliphatic heterocycles. The number of hydrogen-bond acceptors (Lipinski definition) is 7. The van der Waals surface area contributed by atoms with Gasteiger partial charge in [-0.1, -0.05) is 0 Å². The van der Waals surface area contributed by atoms with Crippen LogP contribution in [0.3, 0.4) is 0 Å². The summed E-state index contributed by atoms with van der Waals surface area (Å²) < 4.78 is 18.8. The van der Waals surface area contributed by atoms with Gasteiger partial charge >= 0.3 is 5.97 Å². The molecule has 0 saturated heterocycles. The van der Waals surface area contributed by atoms with Crippen molar-refractivity contribution in [2.45, 2.75) is 38.0 Å². The second-order valence-electron chi connectivity index (χ2n) is 6.93. The number of esters is 1. The van der Waals surface area contributed by atoms with E-state index in [0.717, 1.165) is 35.0 Å². The highest BCUT2D eigenvalue weighted by Crippen LogP contribution is 2.34. The van der Waals surface area contributed by atoms with Crippen LogP contribution in [0, 0.1) is 17.1 Å². The van der Waals surface area contributed by atoms with Crippen molar-refractivity contribution < 1.29 is 13.9 Å². The van der Waals surface area contributed by atoms with Gasteiger partial charge in [-0.25, -0.2) is 9.37 Å². The first-order valence-corrected chi connectivity index (χ1v) is 11.5. The summed E-state index contributed by atoms with van der Waals surface area (Å²) >= 11 is 3.07. The first-order valence-electron chi connectivity index (χ1n) is 9.50. The lowest BCUT2D eigenvalue weighted by Crippen LogP contribution is -2.11. The molecule has 0 bridgehead atoms. The van der Waals surface area contributed by atoms with Gasteiger partial charge in [0.1, 0.15) is 23.1 Å². The molecule has 6 nitrogen and oxygen atoms in total. The summed E-state index contributed by atoms with van der Waals surface area (Å²) in [6.45, 7) is -0.209. The third-order valence-corrected chi connectivity index (χ3v) is 7.03. The van der Waals surface area contributed by atoms with E-state index in [4.69, 9.17) is 10.00 Å². The fourth-order valence-electron chi connectivity index (χ4n) is 3.42. The number of ether oxygens (including phenoxy) is 1. The summed E-state index contributed by atoms with van der Waals surface area (Å²) in [5.41, 5.74) is 1.55. The van der Waals surface area contributed by atoms with Crippen LogP contribution >= 0.6 is 23.1 Å². The smallest absolute Gasteiger partial charge is 0.306 e. The third kappa shape index (κ3) is 4.40. The zero-order valence-electron chi connectivity index (χ0n) is 16.0. The minimum atomic E-state index is -0.513. The minimum Gasteiger partial charge on any atom is -0.461 e. The summed E-state index contributed by atoms with van der Waals surface area (Å²) in [6.07, 6.45) is 3.22. The van der Waals surface area contributed by atoms with E-state index in [2.05, 4.69) is 9.97 Å². The Labute approximate surface area is 180 Å². The fraction of sp³-hybridized carbons (Fsp3) is 0.333. The molecular weight excluding hydrogens is 425 g/mol. The molecule has 0 saturated carbocycles. The molecule has 1 aliphatic carbocycles. The molecule has 0 amide bonds. The topological polar surface area (TPSA) is 95.8 Å². The van der Waals surface area contributed by atoms with Crippen LogP contribution in [0.2, 0.25) is 0 Å². The number of halogens is 1. The van der Waals surface area contributed by atoms with Crippen molar-refractivity contribution in [3.63, 3.8) is 0 Å². The van der Waals surface area contributed by atoms with Crippen molar-refractivity contribution in [1.29, 1.82) is 5.26 Å². The van der Waals surface area contributed by atoms with Gasteiger partial charge in [-0.15, -0.1) is 11.3 Å². The van der Waals surface area contributed by atoms with Gasteiger partial charge in [0.15, 0.2) is 0 Å². The normalized spacial score (nSPS) is 12.7. The van der Waals surface area contributed by atoms with E-state index in [0.29, 0.717) is 22.9 Å². The van der Waals surface area contributed by atoms with E-state index in [1.165, 1.54) is 34.8 Å². The molecule has 0 radical (unpaired) electrons. The number of carbonyl (C=O) groups is 1. The number of aromatic nitrogens is 2. The number of thiophene rings is 1. The zero-order chi connectivity index (χ0) is 21.1. The Hall–Kier alpha value is -2.70. The number of carbonyl (C=O) groups excluding carboxylic acids is 1. The molecule has 0 fully saturated rings. The van der Waals surface area contributed by atoms with Crippen LogP contribution in [-0.4, -0.2) is 21.7 Å². The number of thioether (sulfide) groups is 1. The molecule has 2 aromatic heterocycles. The lowest BCUT2D eigenvalue weighted by Gasteiger charge is -2.06. The number of nitrogens with one attached hydrogen (secondary N) is 1. The van der Waals surface area contributed by atoms with Gasteiger partial charge in [0.25, 0.3) is 5.56 Å². The van der Waals surface area contributed by atoms with Gasteiger partial charge < -0.3 is 9.72 Å². The maximum atomic E-state index is 13.7. The maximum absolute atomic E-state index is 13.7. The van der Waals surface area contributed by atoms with E-state index in [1.807, 2.05) is 6.07 Å². The number of benzene rings is 1. The number of fused-ring (bicyclic) bond motifs is 3. The lowest BCUT2D eigenvalue weighted by atomic mass is 10.1. The van der Waals surface area contributed by atoms with E-state index in [1.54, 1.807) is 11.3 Å². The summed E-state index contributed by atoms with van der Waals surface area (Å²) in [4.78, 5) is 33.8. The van der Waals surface area contributed by atoms with Crippen LogP contribution in [0.15, 0.2) is 23.0 Å². The monoisotopic (exact) mass is 443 g/mol. The highest BCUT2D eigenvalue weighted by Gasteiger charge is 2.21. The molecule has 0 unspecified atom stereocenters. The van der Waals surface area contributed by atoms with Crippen molar-refractivity contribution in [3.8, 4) is 6.07 Å². The standard InChI is InChI=1S/C21H18FN3O3S2/c22-15-5-4-12(9-23)8-13(15)10-28-18(26)6-7-29-11-17-24-20(27)19-14-2-1-3-16(14)30-21(19)25-17/h4-5,8H,1-3,6-7,10-11H2,(H,24,25,27). The van der Waals surface area contributed by atoms with Crippen molar-refractivity contribution >= 4 is 39.3 Å². The molecule has 2 heterocycles. The Morgan fingerprint density at radius 3 is 3.10 bits per heavy atom. The maximum Gasteiger partial charge on any atom is 0.306 e. The molecule has 154 valence electrons. The molecule has 4 rings (SSSR count). The van der Waals surface area contributed by atoms with Crippen molar-refractivity contribution in [2.24, 2.45) is 0 Å². The molecule has 9 heteroatoms. The Morgan fingerprint density at radius 1 is 1.40 bits per heavy atom. The predicted molar refractivity (Wildman–Crippen MR) is 114 cm³/mol. The first-order chi connectivity index (χ1) is 14.5. The van der Waals surface area contributed by atoms with Gasteiger partial charge in [0.2, 0.25) is 0 Å². The van der Waals surface area contributed by atoms with Crippen LogP contribution < -0.4 is 5.56 Å². The van der Waals surface area contributed by atoms with Crippen LogP contribution in [-0.2, 0) is 34.7 Å². The van der Waals surface area contributed by atoms with E-state index in [-0.39, 0.29) is 24.2 Å². The van der Waals surface area contributed by atoms with Gasteiger partial charge in [-0.05, 0) is 43.0 Å². The third-order valence-electron chi connectivity index (χ3n) is 4.88. The quantitative estimate of drug-likeness (QED) is 0.440. The summed E-state index contributed by atoms with van der Waals surface area (Å²) in [5, 5.41) is 9.60. The van der Waals surface area contributed by atoms with Crippen LogP contribution in [0.25, 0.3) is 10.2 Å². The Balaban J connectivity index is 1.27. The number of nitriles is 1. The predicted octanol–water partition coefficient (Wildman–Crippen LogP) is 3.85. The first kappa shape index (κ1) is 20.6. The van der Waals surface area contributed by atoms with Gasteiger partial charge in [-0.2, -0.15) is 17.0 Å². The summed E-state index contributed by atoms with van der Waals surface area (Å²) in [6, 6.07) is 5.85. The second-order valence-corrected chi connectivity index (χ2v) is 9.12. The number of rotatable bonds is 7. The van der Waals surface area contributed by atoms with Crippen LogP contribution in [0.4, 0.5) is 4.39 Å². The van der Waals surface area contributed by atoms with Crippen molar-refractivity contribution in [2.75, 3.05) is 5.75 Å². The van der Waals surface area contributed by atoms with Crippen molar-refractivity contribution in [3.05, 3.63) is 61.8 Å². The average Bonchev–Trinajstić information content (AvgIpc) is 3.31. The number of aryl methyl sites for hydroxylation is 2. The van der Waals surface area contributed by atoms with Gasteiger partial charge in [-0.3, -0.25) is 9.59 Å². The lowest BCUT2D eigenvalue weighted by molar-refractivity contribution is -0.144. The van der Waals surface area contributed by atoms with Crippen LogP contribution in [0.1, 0.15) is 40.2 Å². The molecule has 1 N–H and O–H groups in total. The second kappa shape index (κ2) is 8.98. The number of hydrogen-bond donors (Lipinski definition) is 1. The largest absolute Gasteiger partial charge is 0.461 e. The number of H-pyrrole nitrogens is 1. The van der Waals surface area contributed by atoms with Crippen molar-refractivity contribution in [1.82, 2.24) is 9.97 Å². The Bertz CT molecular complexity index is 1210. The van der Waals surface area contributed by atoms with Gasteiger partial charge in [0, 0.05) is 16.2 Å². The van der Waals surface area contributed by atoms with E-state index >= 15 is 0 Å². The Kier molecular flexibility index (Phi) is 6.16. The Morgan fingerprint density at radius 2 is 2.27 bits per heavy atom. The van der Waals surface area contributed by atoms with E-state index in [9.17, 15) is 14.0 Å². The molecular formula is C21H18FN3O3S2. The molecule has 1 aliphatic rings. The highest BCUT2D eigenvalue weighted by atomic mass is 32.2. The fourth-order valence-corrected chi connectivity index (χ4v) is 5.49. The SMILES string of the molecule is N#Cc1ccc(F)c(COC(=O)CCSCc2nc3sc4c(c3c(=O)[nH]2)CCC4)c1. The summed E-state index contributed by atoms with van der Waals surface area (Å²) in [7, 11) is 0. The van der Waals surface area contributed by atoms with E-state index < -0.39 is 11.8 Å².